The fraction of sp³-hybridized carbons (Fsp3) is 0.462. The van der Waals surface area contributed by atoms with Crippen LogP contribution in [-0.4, -0.2) is 39.0 Å². The molecule has 8 heteroatoms. The lowest BCUT2D eigenvalue weighted by Crippen LogP contribution is -2.62. The molecule has 1 aliphatic heterocycles. The first-order valence-corrected chi connectivity index (χ1v) is 8.16. The maximum atomic E-state index is 13.9. The van der Waals surface area contributed by atoms with Crippen molar-refractivity contribution < 1.29 is 26.7 Å². The van der Waals surface area contributed by atoms with E-state index < -0.39 is 38.2 Å². The van der Waals surface area contributed by atoms with Crippen molar-refractivity contribution in [2.75, 3.05) is 19.5 Å². The van der Waals surface area contributed by atoms with Crippen molar-refractivity contribution in [3.05, 3.63) is 35.4 Å². The molecule has 2 rings (SSSR count). The Hall–Kier alpha value is -1.54. The van der Waals surface area contributed by atoms with Crippen LogP contribution in [0, 0.1) is 11.6 Å². The lowest BCUT2D eigenvalue weighted by atomic mass is 9.86. The van der Waals surface area contributed by atoms with Gasteiger partial charge in [0.2, 0.25) is 5.91 Å². The van der Waals surface area contributed by atoms with Gasteiger partial charge in [-0.05, 0) is 19.1 Å². The van der Waals surface area contributed by atoms with Crippen LogP contribution in [0.2, 0.25) is 0 Å². The molecule has 0 aliphatic carbocycles. The highest BCUT2D eigenvalue weighted by atomic mass is 32.2. The molecule has 0 bridgehead atoms. The van der Waals surface area contributed by atoms with Crippen LogP contribution < -0.4 is 5.32 Å². The number of amides is 1. The molecule has 1 unspecified atom stereocenters. The molecule has 116 valence electrons. The van der Waals surface area contributed by atoms with E-state index in [4.69, 9.17) is 4.74 Å². The predicted molar refractivity (Wildman–Crippen MR) is 71.3 cm³/mol. The van der Waals surface area contributed by atoms with Crippen LogP contribution >= 0.6 is 0 Å². The van der Waals surface area contributed by atoms with Gasteiger partial charge in [-0.2, -0.15) is 0 Å². The third-order valence-electron chi connectivity index (χ3n) is 3.51. The zero-order chi connectivity index (χ0) is 15.8. The number of hydrogen-bond acceptors (Lipinski definition) is 4. The van der Waals surface area contributed by atoms with Gasteiger partial charge >= 0.3 is 0 Å². The number of carbonyl (C=O) groups excluding carboxylic acids is 1. The number of halogens is 2. The van der Waals surface area contributed by atoms with Crippen molar-refractivity contribution in [1.82, 2.24) is 5.32 Å². The van der Waals surface area contributed by atoms with Crippen LogP contribution in [-0.2, 0) is 24.9 Å². The number of rotatable bonds is 4. The van der Waals surface area contributed by atoms with E-state index in [1.54, 1.807) is 0 Å². The summed E-state index contributed by atoms with van der Waals surface area (Å²) in [5.74, 6) is -2.44. The van der Waals surface area contributed by atoms with Gasteiger partial charge in [0.25, 0.3) is 0 Å². The van der Waals surface area contributed by atoms with E-state index in [0.717, 1.165) is 18.4 Å². The Bertz CT molecular complexity index is 650. The minimum Gasteiger partial charge on any atom is -0.376 e. The highest BCUT2D eigenvalue weighted by molar-refractivity contribution is 7.92. The lowest BCUT2D eigenvalue weighted by Gasteiger charge is -2.43. The zero-order valence-corrected chi connectivity index (χ0v) is 12.3. The Morgan fingerprint density at radius 3 is 2.24 bits per heavy atom. The summed E-state index contributed by atoms with van der Waals surface area (Å²) in [7, 11) is -3.60. The van der Waals surface area contributed by atoms with E-state index in [0.29, 0.717) is 0 Å². The summed E-state index contributed by atoms with van der Waals surface area (Å²) < 4.78 is 55.5. The standard InChI is InChI=1S/C13H15F2NO4S/c1-8(21(2,18)19)12(17)16-13(6-20-7-13)11-9(14)4-3-5-10(11)15/h3-5,8H,6-7H2,1-2H3,(H,16,17). The number of benzene rings is 1. The predicted octanol–water partition coefficient (Wildman–Crippen LogP) is 0.740. The van der Waals surface area contributed by atoms with E-state index >= 15 is 0 Å². The summed E-state index contributed by atoms with van der Waals surface area (Å²) in [6.45, 7) is 0.982. The number of ether oxygens (including phenoxy) is 1. The monoisotopic (exact) mass is 319 g/mol. The molecule has 1 N–H and O–H groups in total. The van der Waals surface area contributed by atoms with E-state index in [2.05, 4.69) is 5.32 Å². The first-order chi connectivity index (χ1) is 9.67. The number of carbonyl (C=O) groups is 1. The highest BCUT2D eigenvalue weighted by Gasteiger charge is 2.46. The zero-order valence-electron chi connectivity index (χ0n) is 11.5. The molecule has 1 aromatic carbocycles. The molecule has 0 aromatic heterocycles. The van der Waals surface area contributed by atoms with Gasteiger partial charge in [0.15, 0.2) is 9.84 Å². The second-order valence-corrected chi connectivity index (χ2v) is 7.50. The number of nitrogens with one attached hydrogen (secondary N) is 1. The first kappa shape index (κ1) is 15.8. The van der Waals surface area contributed by atoms with Crippen LogP contribution in [0.4, 0.5) is 8.78 Å². The summed E-state index contributed by atoms with van der Waals surface area (Å²) in [6.07, 6.45) is 0.922. The van der Waals surface area contributed by atoms with Gasteiger partial charge in [-0.3, -0.25) is 4.79 Å². The number of hydrogen-bond donors (Lipinski definition) is 1. The van der Waals surface area contributed by atoms with Crippen LogP contribution in [0.5, 0.6) is 0 Å². The van der Waals surface area contributed by atoms with Gasteiger partial charge in [0.05, 0.1) is 18.8 Å². The van der Waals surface area contributed by atoms with Crippen molar-refractivity contribution in [2.45, 2.75) is 17.7 Å². The summed E-state index contributed by atoms with van der Waals surface area (Å²) in [6, 6.07) is 3.36. The average molecular weight is 319 g/mol. The molecule has 21 heavy (non-hydrogen) atoms. The Kier molecular flexibility index (Phi) is 4.03. The molecule has 1 atom stereocenters. The summed E-state index contributed by atoms with van der Waals surface area (Å²) in [4.78, 5) is 12.0. The topological polar surface area (TPSA) is 72.5 Å². The third-order valence-corrected chi connectivity index (χ3v) is 5.01. The second-order valence-electron chi connectivity index (χ2n) is 5.13. The van der Waals surface area contributed by atoms with Crippen LogP contribution in [0.1, 0.15) is 12.5 Å². The van der Waals surface area contributed by atoms with Crippen molar-refractivity contribution >= 4 is 15.7 Å². The molecule has 1 aromatic rings. The van der Waals surface area contributed by atoms with Gasteiger partial charge in [0, 0.05) is 6.26 Å². The van der Waals surface area contributed by atoms with E-state index in [-0.39, 0.29) is 18.8 Å². The minimum absolute atomic E-state index is 0.118. The molecule has 0 spiro atoms. The maximum absolute atomic E-state index is 13.9. The lowest BCUT2D eigenvalue weighted by molar-refractivity contribution is -0.133. The summed E-state index contributed by atoms with van der Waals surface area (Å²) >= 11 is 0. The second kappa shape index (κ2) is 5.34. The van der Waals surface area contributed by atoms with Crippen molar-refractivity contribution in [2.24, 2.45) is 0 Å². The molecular weight excluding hydrogens is 304 g/mol. The normalized spacial score (nSPS) is 18.7. The van der Waals surface area contributed by atoms with Crippen LogP contribution in [0.25, 0.3) is 0 Å². The third kappa shape index (κ3) is 2.91. The van der Waals surface area contributed by atoms with Gasteiger partial charge in [0.1, 0.15) is 22.4 Å². The first-order valence-electron chi connectivity index (χ1n) is 6.20. The smallest absolute Gasteiger partial charge is 0.238 e. The van der Waals surface area contributed by atoms with E-state index in [1.807, 2.05) is 0 Å². The SMILES string of the molecule is CC(C(=O)NC1(c2c(F)cccc2F)COC1)S(C)(=O)=O. The highest BCUT2D eigenvalue weighted by Crippen LogP contribution is 2.33. The van der Waals surface area contributed by atoms with E-state index in [1.165, 1.54) is 13.0 Å². The Morgan fingerprint density at radius 2 is 1.86 bits per heavy atom. The van der Waals surface area contributed by atoms with Gasteiger partial charge in [-0.1, -0.05) is 6.07 Å². The van der Waals surface area contributed by atoms with Gasteiger partial charge < -0.3 is 10.1 Å². The molecule has 5 nitrogen and oxygen atoms in total. The molecule has 1 heterocycles. The molecule has 1 fully saturated rings. The molecular formula is C13H15F2NO4S. The summed E-state index contributed by atoms with van der Waals surface area (Å²) in [5, 5.41) is 1.10. The van der Waals surface area contributed by atoms with Crippen molar-refractivity contribution in [3.8, 4) is 0 Å². The fourth-order valence-corrected chi connectivity index (χ4v) is 2.52. The van der Waals surface area contributed by atoms with E-state index in [9.17, 15) is 22.0 Å². The largest absolute Gasteiger partial charge is 0.376 e. The fourth-order valence-electron chi connectivity index (χ4n) is 2.07. The number of sulfone groups is 1. The van der Waals surface area contributed by atoms with Crippen molar-refractivity contribution in [1.29, 1.82) is 0 Å². The molecule has 1 amide bonds. The van der Waals surface area contributed by atoms with Crippen molar-refractivity contribution in [3.63, 3.8) is 0 Å². The quantitative estimate of drug-likeness (QED) is 0.888. The molecule has 1 aliphatic rings. The minimum atomic E-state index is -3.60. The van der Waals surface area contributed by atoms with Crippen LogP contribution in [0.3, 0.4) is 0 Å². The van der Waals surface area contributed by atoms with Crippen LogP contribution in [0.15, 0.2) is 18.2 Å². The molecule has 0 radical (unpaired) electrons. The Balaban J connectivity index is 2.34. The Morgan fingerprint density at radius 1 is 1.33 bits per heavy atom. The van der Waals surface area contributed by atoms with Gasteiger partial charge in [-0.15, -0.1) is 0 Å². The van der Waals surface area contributed by atoms with Gasteiger partial charge in [-0.25, -0.2) is 17.2 Å². The molecule has 1 saturated heterocycles. The summed E-state index contributed by atoms with van der Waals surface area (Å²) in [5.41, 5.74) is -1.68. The maximum Gasteiger partial charge on any atom is 0.238 e. The molecule has 0 saturated carbocycles. The average Bonchev–Trinajstić information content (AvgIpc) is 2.32. The Labute approximate surface area is 121 Å².